The summed E-state index contributed by atoms with van der Waals surface area (Å²) in [4.78, 5) is 14.1. The van der Waals surface area contributed by atoms with E-state index in [2.05, 4.69) is 21.8 Å². The predicted octanol–water partition coefficient (Wildman–Crippen LogP) is 5.03. The Morgan fingerprint density at radius 3 is 2.63 bits per heavy atom. The van der Waals surface area contributed by atoms with Crippen LogP contribution in [0.15, 0.2) is 47.1 Å². The highest BCUT2D eigenvalue weighted by atomic mass is 32.1. The number of hydrazone groups is 1. The molecule has 1 aliphatic heterocycles. The molecule has 1 aliphatic carbocycles. The molecule has 3 aromatic rings. The van der Waals surface area contributed by atoms with Crippen molar-refractivity contribution in [2.24, 2.45) is 16.8 Å². The molecule has 38 heavy (non-hydrogen) atoms. The maximum atomic E-state index is 12.9. The number of carbonyl (C=O) groups excluding carboxylic acids is 1. The van der Waals surface area contributed by atoms with E-state index >= 15 is 0 Å². The zero-order valence-electron chi connectivity index (χ0n) is 21.6. The molecule has 8 nitrogen and oxygen atoms in total. The zero-order valence-corrected chi connectivity index (χ0v) is 22.4. The van der Waals surface area contributed by atoms with Crippen LogP contribution in [0.5, 0.6) is 0 Å². The number of nitrogens with zero attached hydrogens (tertiary/aromatic N) is 5. The molecule has 5 rings (SSSR count). The number of esters is 1. The number of nitrogens with two attached hydrogens (primary N) is 1. The van der Waals surface area contributed by atoms with Gasteiger partial charge < -0.3 is 15.0 Å². The second-order valence-electron chi connectivity index (χ2n) is 9.48. The van der Waals surface area contributed by atoms with E-state index in [-0.39, 0.29) is 11.5 Å². The predicted molar refractivity (Wildman–Crippen MR) is 148 cm³/mol. The molecular weight excluding hydrogens is 496 g/mol. The average Bonchev–Trinajstić information content (AvgIpc) is 3.57. The number of anilines is 1. The molecule has 2 aliphatic rings. The smallest absolute Gasteiger partial charge is 0.341 e. The Morgan fingerprint density at radius 2 is 1.95 bits per heavy atom. The third-order valence-corrected chi connectivity index (χ3v) is 8.48. The average molecular weight is 525 g/mol. The summed E-state index contributed by atoms with van der Waals surface area (Å²) in [5.74, 6) is -1.09. The van der Waals surface area contributed by atoms with Crippen LogP contribution in [0.3, 0.4) is 0 Å². The first-order valence-electron chi connectivity index (χ1n) is 12.5. The zero-order chi connectivity index (χ0) is 27.0. The molecule has 0 bridgehead atoms. The van der Waals surface area contributed by atoms with E-state index in [0.29, 0.717) is 11.3 Å². The summed E-state index contributed by atoms with van der Waals surface area (Å²) in [7, 11) is 1.42. The van der Waals surface area contributed by atoms with Gasteiger partial charge in [-0.1, -0.05) is 18.2 Å². The van der Waals surface area contributed by atoms with Gasteiger partial charge in [0.05, 0.1) is 35.7 Å². The summed E-state index contributed by atoms with van der Waals surface area (Å²) >= 11 is 1.64. The van der Waals surface area contributed by atoms with E-state index in [9.17, 15) is 15.3 Å². The minimum Gasteiger partial charge on any atom is -0.465 e. The van der Waals surface area contributed by atoms with Crippen molar-refractivity contribution in [3.8, 4) is 17.1 Å². The number of methoxy groups -OCH3 is 1. The lowest BCUT2D eigenvalue weighted by Crippen LogP contribution is -2.40. The first-order chi connectivity index (χ1) is 18.4. The van der Waals surface area contributed by atoms with Crippen LogP contribution in [0.2, 0.25) is 0 Å². The topological polar surface area (TPSA) is 120 Å². The Hall–Kier alpha value is -4.18. The minimum absolute atomic E-state index is 0.282. The van der Waals surface area contributed by atoms with Crippen molar-refractivity contribution in [3.05, 3.63) is 74.9 Å². The molecule has 2 aromatic heterocycles. The second-order valence-corrected chi connectivity index (χ2v) is 10.6. The van der Waals surface area contributed by atoms with Crippen molar-refractivity contribution in [3.63, 3.8) is 0 Å². The molecule has 3 heterocycles. The summed E-state index contributed by atoms with van der Waals surface area (Å²) in [5.41, 5.74) is 12.1. The van der Waals surface area contributed by atoms with Crippen LogP contribution >= 0.6 is 11.3 Å². The maximum absolute atomic E-state index is 12.9. The molecule has 0 radical (unpaired) electrons. The lowest BCUT2D eigenvalue weighted by molar-refractivity contribution is 0.0600. The fourth-order valence-corrected chi connectivity index (χ4v) is 6.79. The molecule has 0 saturated carbocycles. The molecule has 9 heteroatoms. The molecule has 192 valence electrons. The number of benzene rings is 1. The number of carbonyl (C=O) groups is 1. The fourth-order valence-electron chi connectivity index (χ4n) is 5.30. The largest absolute Gasteiger partial charge is 0.465 e. The molecule has 0 fully saturated rings. The molecule has 0 spiro atoms. The standard InChI is InChI=1S/C29H28N6O2S/c1-17-13-19(18(2)34(17)28-25(29(36)37-3)22-11-7-8-12-24(22)38-28)14-20(15-30)26-23(16-31)27(32)35(33-26)21-9-5-4-6-10-21/h4-6,9-10,13-14,23,27H,7-8,11-12,32H2,1-3H3/b20-14-/t23-,27+/m0/s1. The van der Waals surface area contributed by atoms with Crippen LogP contribution < -0.4 is 10.7 Å². The summed E-state index contributed by atoms with van der Waals surface area (Å²) in [6, 6.07) is 15.8. The molecule has 1 aromatic carbocycles. The molecule has 0 amide bonds. The highest BCUT2D eigenvalue weighted by Crippen LogP contribution is 2.39. The summed E-state index contributed by atoms with van der Waals surface area (Å²) in [6.45, 7) is 3.95. The summed E-state index contributed by atoms with van der Waals surface area (Å²) in [5, 5.41) is 27.1. The van der Waals surface area contributed by atoms with Crippen LogP contribution in [-0.2, 0) is 17.6 Å². The van der Waals surface area contributed by atoms with E-state index < -0.39 is 12.1 Å². The van der Waals surface area contributed by atoms with Gasteiger partial charge in [-0.25, -0.2) is 9.80 Å². The maximum Gasteiger partial charge on any atom is 0.341 e. The third-order valence-electron chi connectivity index (χ3n) is 7.21. The van der Waals surface area contributed by atoms with E-state index in [1.54, 1.807) is 22.4 Å². The van der Waals surface area contributed by atoms with Crippen molar-refractivity contribution >= 4 is 34.8 Å². The highest BCUT2D eigenvalue weighted by Gasteiger charge is 2.38. The van der Waals surface area contributed by atoms with Gasteiger partial charge in [-0.05, 0) is 74.9 Å². The van der Waals surface area contributed by atoms with Crippen molar-refractivity contribution in [1.29, 1.82) is 10.5 Å². The molecular formula is C29H28N6O2S. The Balaban J connectivity index is 1.60. The van der Waals surface area contributed by atoms with Crippen molar-refractivity contribution in [2.45, 2.75) is 45.7 Å². The number of allylic oxidation sites excluding steroid dienone is 1. The summed E-state index contributed by atoms with van der Waals surface area (Å²) in [6.07, 6.45) is 5.05. The van der Waals surface area contributed by atoms with Crippen molar-refractivity contribution in [1.82, 2.24) is 4.57 Å². The Morgan fingerprint density at radius 1 is 1.21 bits per heavy atom. The number of hydrogen-bond donors (Lipinski definition) is 1. The third kappa shape index (κ3) is 4.20. The van der Waals surface area contributed by atoms with Crippen LogP contribution in [0.4, 0.5) is 5.69 Å². The monoisotopic (exact) mass is 524 g/mol. The van der Waals surface area contributed by atoms with E-state index in [1.165, 1.54) is 12.0 Å². The van der Waals surface area contributed by atoms with Crippen LogP contribution in [0.25, 0.3) is 11.1 Å². The van der Waals surface area contributed by atoms with Gasteiger partial charge in [-0.15, -0.1) is 11.3 Å². The van der Waals surface area contributed by atoms with Gasteiger partial charge in [-0.3, -0.25) is 0 Å². The minimum atomic E-state index is -0.764. The second kappa shape index (κ2) is 10.3. The summed E-state index contributed by atoms with van der Waals surface area (Å²) < 4.78 is 7.24. The molecule has 2 atom stereocenters. The van der Waals surface area contributed by atoms with Crippen LogP contribution in [0.1, 0.15) is 50.6 Å². The number of thiophene rings is 1. The number of ether oxygens (including phenoxy) is 1. The number of fused-ring (bicyclic) bond motifs is 1. The van der Waals surface area contributed by atoms with E-state index in [0.717, 1.165) is 58.9 Å². The normalized spacial score (nSPS) is 18.9. The Labute approximate surface area is 225 Å². The van der Waals surface area contributed by atoms with Gasteiger partial charge in [0.15, 0.2) is 0 Å². The quantitative estimate of drug-likeness (QED) is 0.369. The van der Waals surface area contributed by atoms with Gasteiger partial charge in [0, 0.05) is 16.3 Å². The SMILES string of the molecule is COC(=O)c1c(-n2c(C)cc(/C=C(/C#N)C3=NN(c4ccccc4)[C@@H](N)[C@H]3C#N)c2C)sc2c1CCCC2. The molecule has 0 unspecified atom stereocenters. The molecule has 0 saturated heterocycles. The first kappa shape index (κ1) is 25.5. The number of aromatic nitrogens is 1. The highest BCUT2D eigenvalue weighted by molar-refractivity contribution is 7.15. The van der Waals surface area contributed by atoms with Crippen LogP contribution in [-0.4, -0.2) is 29.5 Å². The Bertz CT molecular complexity index is 1550. The number of nitriles is 2. The van der Waals surface area contributed by atoms with Gasteiger partial charge in [0.1, 0.15) is 23.2 Å². The number of para-hydroxylation sites is 1. The number of aryl methyl sites for hydroxylation is 2. The lowest BCUT2D eigenvalue weighted by atomic mass is 9.95. The van der Waals surface area contributed by atoms with Gasteiger partial charge >= 0.3 is 5.97 Å². The van der Waals surface area contributed by atoms with Gasteiger partial charge in [0.2, 0.25) is 0 Å². The first-order valence-corrected chi connectivity index (χ1v) is 13.3. The van der Waals surface area contributed by atoms with Crippen LogP contribution in [0, 0.1) is 42.4 Å². The van der Waals surface area contributed by atoms with E-state index in [1.807, 2.05) is 50.2 Å². The van der Waals surface area contributed by atoms with E-state index in [4.69, 9.17) is 10.5 Å². The van der Waals surface area contributed by atoms with Crippen molar-refractivity contribution < 1.29 is 9.53 Å². The number of hydrogen-bond acceptors (Lipinski definition) is 8. The van der Waals surface area contributed by atoms with Crippen molar-refractivity contribution in [2.75, 3.05) is 12.1 Å². The lowest BCUT2D eigenvalue weighted by Gasteiger charge is -2.21. The molecule has 2 N–H and O–H groups in total. The Kier molecular flexibility index (Phi) is 6.90. The van der Waals surface area contributed by atoms with Gasteiger partial charge in [-0.2, -0.15) is 15.6 Å². The fraction of sp³-hybridized carbons (Fsp3) is 0.310. The van der Waals surface area contributed by atoms with Gasteiger partial charge in [0.25, 0.3) is 0 Å². The number of rotatable bonds is 5.